The Balaban J connectivity index is 1.90. The van der Waals surface area contributed by atoms with Gasteiger partial charge in [-0.2, -0.15) is 0 Å². The summed E-state index contributed by atoms with van der Waals surface area (Å²) in [4.78, 5) is 18.1. The number of carbonyl (C=O) groups excluding carboxylic acids is 1. The maximum Gasteiger partial charge on any atom is 0.344 e. The average Bonchev–Trinajstić information content (AvgIpc) is 2.70. The molecule has 0 aliphatic carbocycles. The van der Waals surface area contributed by atoms with Crippen molar-refractivity contribution in [2.45, 2.75) is 27.7 Å². The van der Waals surface area contributed by atoms with E-state index in [0.717, 1.165) is 38.7 Å². The number of aromatic nitrogens is 1. The lowest BCUT2D eigenvalue weighted by Gasteiger charge is -2.14. The summed E-state index contributed by atoms with van der Waals surface area (Å²) in [6, 6.07) is 17.6. The van der Waals surface area contributed by atoms with Crippen LogP contribution in [0, 0.1) is 33.5 Å². The lowest BCUT2D eigenvalue weighted by Crippen LogP contribution is -2.12. The third-order valence-electron chi connectivity index (χ3n) is 5.21. The van der Waals surface area contributed by atoms with E-state index in [2.05, 4.69) is 0 Å². The molecule has 0 aliphatic rings. The molecule has 0 unspecified atom stereocenters. The molecule has 4 aromatic rings. The van der Waals surface area contributed by atoms with Crippen LogP contribution in [0.2, 0.25) is 0 Å². The molecule has 0 bridgehead atoms. The van der Waals surface area contributed by atoms with Crippen LogP contribution in [0.25, 0.3) is 22.2 Å². The van der Waals surface area contributed by atoms with Crippen molar-refractivity contribution < 1.29 is 13.9 Å². The number of ether oxygens (including phenoxy) is 1. The molecule has 0 amide bonds. The average molecular weight is 399 g/mol. The molecule has 4 rings (SSSR count). The summed E-state index contributed by atoms with van der Waals surface area (Å²) in [6.07, 6.45) is 0. The number of pyridine rings is 1. The van der Waals surface area contributed by atoms with Crippen molar-refractivity contribution in [1.82, 2.24) is 4.98 Å². The largest absolute Gasteiger partial charge is 0.422 e. The number of para-hydroxylation sites is 1. The zero-order valence-electron chi connectivity index (χ0n) is 17.4. The molecule has 0 saturated carbocycles. The standard InChI is InChI=1S/C26H22FNO2/c1-15-12-18(4)24-21(13-15)22(14-23(28-24)19-8-10-20(27)11-9-19)26(29)30-25-16(2)6-5-7-17(25)3/h5-14H,1-4H3. The molecule has 0 saturated heterocycles. The van der Waals surface area contributed by atoms with Crippen molar-refractivity contribution in [2.75, 3.05) is 0 Å². The van der Waals surface area contributed by atoms with Gasteiger partial charge in [0.25, 0.3) is 0 Å². The van der Waals surface area contributed by atoms with E-state index in [1.807, 2.05) is 58.0 Å². The predicted octanol–water partition coefficient (Wildman–Crippen LogP) is 6.49. The van der Waals surface area contributed by atoms with Crippen molar-refractivity contribution in [2.24, 2.45) is 0 Å². The van der Waals surface area contributed by atoms with Crippen molar-refractivity contribution in [1.29, 1.82) is 0 Å². The molecule has 0 atom stereocenters. The van der Waals surface area contributed by atoms with E-state index in [1.54, 1.807) is 18.2 Å². The Morgan fingerprint density at radius 3 is 2.20 bits per heavy atom. The lowest BCUT2D eigenvalue weighted by molar-refractivity contribution is 0.0734. The fourth-order valence-corrected chi connectivity index (χ4v) is 3.73. The molecule has 3 nitrogen and oxygen atoms in total. The van der Waals surface area contributed by atoms with Gasteiger partial charge in [-0.1, -0.05) is 29.8 Å². The first-order chi connectivity index (χ1) is 14.3. The van der Waals surface area contributed by atoms with Crippen LogP contribution >= 0.6 is 0 Å². The number of esters is 1. The number of nitrogens with zero attached hydrogens (tertiary/aromatic N) is 1. The van der Waals surface area contributed by atoms with Crippen molar-refractivity contribution in [3.63, 3.8) is 0 Å². The van der Waals surface area contributed by atoms with Crippen LogP contribution in [0.1, 0.15) is 32.6 Å². The molecule has 1 heterocycles. The third-order valence-corrected chi connectivity index (χ3v) is 5.21. The normalized spacial score (nSPS) is 11.0. The topological polar surface area (TPSA) is 39.2 Å². The number of rotatable bonds is 3. The Hall–Kier alpha value is -3.53. The maximum absolute atomic E-state index is 13.4. The van der Waals surface area contributed by atoms with Crippen molar-refractivity contribution in [3.8, 4) is 17.0 Å². The third kappa shape index (κ3) is 3.69. The first kappa shape index (κ1) is 19.8. The van der Waals surface area contributed by atoms with Gasteiger partial charge in [0.2, 0.25) is 0 Å². The number of halogens is 1. The first-order valence-electron chi connectivity index (χ1n) is 9.80. The highest BCUT2D eigenvalue weighted by Gasteiger charge is 2.19. The van der Waals surface area contributed by atoms with Gasteiger partial charge in [-0.3, -0.25) is 0 Å². The minimum absolute atomic E-state index is 0.319. The molecule has 0 radical (unpaired) electrons. The number of benzene rings is 3. The molecule has 0 N–H and O–H groups in total. The van der Waals surface area contributed by atoms with Gasteiger partial charge in [0, 0.05) is 10.9 Å². The minimum Gasteiger partial charge on any atom is -0.422 e. The Morgan fingerprint density at radius 1 is 0.867 bits per heavy atom. The van der Waals surface area contributed by atoms with Crippen molar-refractivity contribution >= 4 is 16.9 Å². The number of hydrogen-bond acceptors (Lipinski definition) is 3. The second-order valence-corrected chi connectivity index (χ2v) is 7.65. The fourth-order valence-electron chi connectivity index (χ4n) is 3.73. The minimum atomic E-state index is -0.437. The molecule has 4 heteroatoms. The van der Waals surface area contributed by atoms with E-state index in [1.165, 1.54) is 12.1 Å². The summed E-state index contributed by atoms with van der Waals surface area (Å²) in [6.45, 7) is 7.79. The molecular formula is C26H22FNO2. The Kier molecular flexibility index (Phi) is 5.08. The molecule has 30 heavy (non-hydrogen) atoms. The van der Waals surface area contributed by atoms with Crippen LogP contribution in [-0.4, -0.2) is 11.0 Å². The van der Waals surface area contributed by atoms with E-state index in [-0.39, 0.29) is 5.82 Å². The molecular weight excluding hydrogens is 377 g/mol. The monoisotopic (exact) mass is 399 g/mol. The number of fused-ring (bicyclic) bond motifs is 1. The van der Waals surface area contributed by atoms with Crippen LogP contribution < -0.4 is 4.74 Å². The Labute approximate surface area is 175 Å². The zero-order valence-corrected chi connectivity index (χ0v) is 17.4. The van der Waals surface area contributed by atoms with Crippen LogP contribution in [0.15, 0.2) is 60.7 Å². The summed E-state index contributed by atoms with van der Waals surface area (Å²) >= 11 is 0. The zero-order chi connectivity index (χ0) is 21.4. The first-order valence-corrected chi connectivity index (χ1v) is 9.80. The van der Waals surface area contributed by atoms with Crippen molar-refractivity contribution in [3.05, 3.63) is 94.3 Å². The lowest BCUT2D eigenvalue weighted by atomic mass is 9.99. The highest BCUT2D eigenvalue weighted by Crippen LogP contribution is 2.30. The van der Waals surface area contributed by atoms with Gasteiger partial charge < -0.3 is 4.74 Å². The summed E-state index contributed by atoms with van der Waals surface area (Å²) in [5, 5.41) is 0.745. The SMILES string of the molecule is Cc1cc(C)c2nc(-c3ccc(F)cc3)cc(C(=O)Oc3c(C)cccc3C)c2c1. The van der Waals surface area contributed by atoms with Gasteiger partial charge in [0.15, 0.2) is 0 Å². The van der Waals surface area contributed by atoms with Crippen LogP contribution in [0.3, 0.4) is 0 Å². The van der Waals surface area contributed by atoms with E-state index in [4.69, 9.17) is 9.72 Å². The summed E-state index contributed by atoms with van der Waals surface area (Å²) in [7, 11) is 0. The van der Waals surface area contributed by atoms with Crippen LogP contribution in [0.4, 0.5) is 4.39 Å². The predicted molar refractivity (Wildman–Crippen MR) is 117 cm³/mol. The molecule has 150 valence electrons. The molecule has 3 aromatic carbocycles. The fraction of sp³-hybridized carbons (Fsp3) is 0.154. The smallest absolute Gasteiger partial charge is 0.344 e. The molecule has 0 aliphatic heterocycles. The van der Waals surface area contributed by atoms with Gasteiger partial charge in [-0.05, 0) is 80.8 Å². The summed E-state index contributed by atoms with van der Waals surface area (Å²) in [5.41, 5.74) is 6.31. The number of aryl methyl sites for hydroxylation is 4. The highest BCUT2D eigenvalue weighted by atomic mass is 19.1. The second-order valence-electron chi connectivity index (χ2n) is 7.65. The number of carbonyl (C=O) groups is 1. The van der Waals surface area contributed by atoms with Crippen LogP contribution in [-0.2, 0) is 0 Å². The molecule has 0 fully saturated rings. The summed E-state index contributed by atoms with van der Waals surface area (Å²) in [5.74, 6) is -0.186. The summed E-state index contributed by atoms with van der Waals surface area (Å²) < 4.78 is 19.2. The number of hydrogen-bond donors (Lipinski definition) is 0. The van der Waals surface area contributed by atoms with Crippen LogP contribution in [0.5, 0.6) is 5.75 Å². The second kappa shape index (κ2) is 7.71. The van der Waals surface area contributed by atoms with E-state index in [0.29, 0.717) is 17.0 Å². The molecule has 1 aromatic heterocycles. The van der Waals surface area contributed by atoms with E-state index < -0.39 is 5.97 Å². The van der Waals surface area contributed by atoms with Gasteiger partial charge in [0.05, 0.1) is 16.8 Å². The van der Waals surface area contributed by atoms with Gasteiger partial charge in [-0.15, -0.1) is 0 Å². The van der Waals surface area contributed by atoms with Gasteiger partial charge >= 0.3 is 5.97 Å². The maximum atomic E-state index is 13.4. The van der Waals surface area contributed by atoms with Gasteiger partial charge in [0.1, 0.15) is 11.6 Å². The van der Waals surface area contributed by atoms with E-state index in [9.17, 15) is 9.18 Å². The molecule has 0 spiro atoms. The Morgan fingerprint density at radius 2 is 1.53 bits per heavy atom. The highest BCUT2D eigenvalue weighted by molar-refractivity contribution is 6.06. The Bertz CT molecular complexity index is 1260. The van der Waals surface area contributed by atoms with E-state index >= 15 is 0 Å². The van der Waals surface area contributed by atoms with Gasteiger partial charge in [-0.25, -0.2) is 14.2 Å². The quantitative estimate of drug-likeness (QED) is 0.292.